The van der Waals surface area contributed by atoms with E-state index in [9.17, 15) is 13.2 Å². The normalized spacial score (nSPS) is 15.7. The number of hydrogen-bond donors (Lipinski definition) is 0. The molecule has 0 N–H and O–H groups in total. The maximum absolute atomic E-state index is 12.4. The molecule has 0 atom stereocenters. The first-order chi connectivity index (χ1) is 15.4. The summed E-state index contributed by atoms with van der Waals surface area (Å²) >= 11 is 0. The van der Waals surface area contributed by atoms with Gasteiger partial charge in [0, 0.05) is 18.7 Å². The molecule has 3 aromatic rings. The molecule has 0 amide bonds. The van der Waals surface area contributed by atoms with Crippen LogP contribution in [0.3, 0.4) is 0 Å². The van der Waals surface area contributed by atoms with Crippen LogP contribution in [0.1, 0.15) is 31.4 Å². The summed E-state index contributed by atoms with van der Waals surface area (Å²) in [5, 5.41) is 12.1. The highest BCUT2D eigenvalue weighted by Gasteiger charge is 2.31. The van der Waals surface area contributed by atoms with Crippen molar-refractivity contribution < 1.29 is 26.9 Å². The number of nitrogens with zero attached hydrogens (tertiary/aromatic N) is 4. The van der Waals surface area contributed by atoms with Gasteiger partial charge < -0.3 is 13.7 Å². The highest BCUT2D eigenvalue weighted by Crippen LogP contribution is 2.33. The Hall–Kier alpha value is -3.05. The molecule has 2 aromatic heterocycles. The lowest BCUT2D eigenvalue weighted by Crippen LogP contribution is -2.41. The standard InChI is InChI=1S/C21H24N4O6S/c1-3-32(27,28)25-11-9-16(10-12-25)21(26)29-13-17-22-23-20(30-17)18-14(2)31-24-19(18)15-7-5-4-6-8-15/h4-8,16H,3,9-13H2,1-2H3. The number of hydrogen-bond acceptors (Lipinski definition) is 9. The summed E-state index contributed by atoms with van der Waals surface area (Å²) in [5.74, 6) is 0.213. The number of carbonyl (C=O) groups is 1. The van der Waals surface area contributed by atoms with Crippen LogP contribution in [-0.2, 0) is 26.2 Å². The van der Waals surface area contributed by atoms with Gasteiger partial charge in [-0.1, -0.05) is 35.5 Å². The summed E-state index contributed by atoms with van der Waals surface area (Å²) in [6, 6.07) is 9.49. The average Bonchev–Trinajstić information content (AvgIpc) is 3.44. The number of piperidine rings is 1. The zero-order valence-electron chi connectivity index (χ0n) is 17.9. The summed E-state index contributed by atoms with van der Waals surface area (Å²) in [4.78, 5) is 12.4. The van der Waals surface area contributed by atoms with Gasteiger partial charge in [0.1, 0.15) is 17.0 Å². The quantitative estimate of drug-likeness (QED) is 0.489. The molecular formula is C21H24N4O6S. The lowest BCUT2D eigenvalue weighted by molar-refractivity contribution is -0.151. The van der Waals surface area contributed by atoms with Gasteiger partial charge in [0.25, 0.3) is 11.8 Å². The minimum atomic E-state index is -3.24. The molecule has 11 heteroatoms. The predicted octanol–water partition coefficient (Wildman–Crippen LogP) is 2.80. The maximum Gasteiger partial charge on any atom is 0.309 e. The molecule has 1 aromatic carbocycles. The Labute approximate surface area is 185 Å². The van der Waals surface area contributed by atoms with Crippen molar-refractivity contribution in [2.75, 3.05) is 18.8 Å². The predicted molar refractivity (Wildman–Crippen MR) is 114 cm³/mol. The molecule has 4 rings (SSSR count). The van der Waals surface area contributed by atoms with E-state index in [0.717, 1.165) is 5.56 Å². The van der Waals surface area contributed by atoms with Gasteiger partial charge in [-0.3, -0.25) is 4.79 Å². The van der Waals surface area contributed by atoms with E-state index in [1.165, 1.54) is 4.31 Å². The Balaban J connectivity index is 1.38. The summed E-state index contributed by atoms with van der Waals surface area (Å²) in [6.07, 6.45) is 0.848. The summed E-state index contributed by atoms with van der Waals surface area (Å²) in [6.45, 7) is 3.83. The fourth-order valence-corrected chi connectivity index (χ4v) is 4.77. The van der Waals surface area contributed by atoms with Crippen LogP contribution in [0.4, 0.5) is 0 Å². The topological polar surface area (TPSA) is 129 Å². The second-order valence-electron chi connectivity index (χ2n) is 7.51. The summed E-state index contributed by atoms with van der Waals surface area (Å²) in [7, 11) is -3.24. The third-order valence-electron chi connectivity index (χ3n) is 5.47. The Bertz CT molecular complexity index is 1180. The number of benzene rings is 1. The first-order valence-electron chi connectivity index (χ1n) is 10.4. The van der Waals surface area contributed by atoms with E-state index in [4.69, 9.17) is 13.7 Å². The van der Waals surface area contributed by atoms with Crippen LogP contribution >= 0.6 is 0 Å². The summed E-state index contributed by atoms with van der Waals surface area (Å²) < 4.78 is 41.7. The molecule has 1 aliphatic rings. The van der Waals surface area contributed by atoms with Gasteiger partial charge in [-0.15, -0.1) is 10.2 Å². The number of rotatable bonds is 7. The van der Waals surface area contributed by atoms with Crippen molar-refractivity contribution in [3.63, 3.8) is 0 Å². The Morgan fingerprint density at radius 1 is 1.19 bits per heavy atom. The van der Waals surface area contributed by atoms with Gasteiger partial charge in [-0.25, -0.2) is 12.7 Å². The molecule has 170 valence electrons. The fourth-order valence-electron chi connectivity index (χ4n) is 3.63. The molecule has 32 heavy (non-hydrogen) atoms. The number of esters is 1. The molecule has 1 aliphatic heterocycles. The molecule has 10 nitrogen and oxygen atoms in total. The van der Waals surface area contributed by atoms with E-state index >= 15 is 0 Å². The molecule has 0 saturated carbocycles. The van der Waals surface area contributed by atoms with Crippen LogP contribution in [-0.4, -0.2) is 52.9 Å². The zero-order chi connectivity index (χ0) is 22.7. The number of aromatic nitrogens is 3. The van der Waals surface area contributed by atoms with E-state index in [2.05, 4.69) is 15.4 Å². The van der Waals surface area contributed by atoms with Gasteiger partial charge >= 0.3 is 5.97 Å². The maximum atomic E-state index is 12.4. The third kappa shape index (κ3) is 4.58. The molecule has 0 spiro atoms. The summed E-state index contributed by atoms with van der Waals surface area (Å²) in [5.41, 5.74) is 2.02. The highest BCUT2D eigenvalue weighted by molar-refractivity contribution is 7.89. The lowest BCUT2D eigenvalue weighted by atomic mass is 9.98. The molecule has 3 heterocycles. The van der Waals surface area contributed by atoms with E-state index < -0.39 is 16.0 Å². The van der Waals surface area contributed by atoms with E-state index in [0.29, 0.717) is 42.9 Å². The smallest absolute Gasteiger partial charge is 0.309 e. The third-order valence-corrected chi connectivity index (χ3v) is 7.36. The molecule has 1 fully saturated rings. The molecular weight excluding hydrogens is 436 g/mol. The van der Waals surface area contributed by atoms with Crippen molar-refractivity contribution in [2.24, 2.45) is 5.92 Å². The van der Waals surface area contributed by atoms with Crippen molar-refractivity contribution in [1.82, 2.24) is 19.7 Å². The van der Waals surface area contributed by atoms with Crippen LogP contribution < -0.4 is 0 Å². The van der Waals surface area contributed by atoms with Crippen molar-refractivity contribution in [3.05, 3.63) is 42.0 Å². The van der Waals surface area contributed by atoms with Crippen LogP contribution in [0, 0.1) is 12.8 Å². The SMILES string of the molecule is CCS(=O)(=O)N1CCC(C(=O)OCc2nnc(-c3c(-c4ccccc4)noc3C)o2)CC1. The fraction of sp³-hybridized carbons (Fsp3) is 0.429. The molecule has 0 aliphatic carbocycles. The molecule has 0 bridgehead atoms. The van der Waals surface area contributed by atoms with Crippen LogP contribution in [0.5, 0.6) is 0 Å². The minimum Gasteiger partial charge on any atom is -0.455 e. The molecule has 1 saturated heterocycles. The van der Waals surface area contributed by atoms with E-state index in [-0.39, 0.29) is 30.1 Å². The van der Waals surface area contributed by atoms with Crippen molar-refractivity contribution in [1.29, 1.82) is 0 Å². The first kappa shape index (κ1) is 22.2. The van der Waals surface area contributed by atoms with Crippen LogP contribution in [0.25, 0.3) is 22.7 Å². The molecule has 0 unspecified atom stereocenters. The first-order valence-corrected chi connectivity index (χ1v) is 12.0. The lowest BCUT2D eigenvalue weighted by Gasteiger charge is -2.29. The Morgan fingerprint density at radius 2 is 1.91 bits per heavy atom. The number of aryl methyl sites for hydroxylation is 1. The second-order valence-corrected chi connectivity index (χ2v) is 9.77. The van der Waals surface area contributed by atoms with Gasteiger partial charge in [-0.05, 0) is 26.7 Å². The largest absolute Gasteiger partial charge is 0.455 e. The highest BCUT2D eigenvalue weighted by atomic mass is 32.2. The molecule has 0 radical (unpaired) electrons. The van der Waals surface area contributed by atoms with Crippen molar-refractivity contribution in [2.45, 2.75) is 33.3 Å². The Kier molecular flexibility index (Phi) is 6.38. The average molecular weight is 461 g/mol. The van der Waals surface area contributed by atoms with Crippen molar-refractivity contribution in [3.8, 4) is 22.7 Å². The van der Waals surface area contributed by atoms with Gasteiger partial charge in [0.15, 0.2) is 6.61 Å². The van der Waals surface area contributed by atoms with E-state index in [1.54, 1.807) is 13.8 Å². The second kappa shape index (κ2) is 9.21. The minimum absolute atomic E-state index is 0.0548. The van der Waals surface area contributed by atoms with Crippen LogP contribution in [0.2, 0.25) is 0 Å². The van der Waals surface area contributed by atoms with Gasteiger partial charge in [0.2, 0.25) is 10.0 Å². The van der Waals surface area contributed by atoms with Crippen molar-refractivity contribution >= 4 is 16.0 Å². The number of carbonyl (C=O) groups excluding carboxylic acids is 1. The Morgan fingerprint density at radius 3 is 2.59 bits per heavy atom. The monoisotopic (exact) mass is 460 g/mol. The number of sulfonamides is 1. The zero-order valence-corrected chi connectivity index (χ0v) is 18.7. The van der Waals surface area contributed by atoms with Gasteiger partial charge in [-0.2, -0.15) is 0 Å². The number of ether oxygens (including phenoxy) is 1. The van der Waals surface area contributed by atoms with E-state index in [1.807, 2.05) is 30.3 Å². The van der Waals surface area contributed by atoms with Crippen LogP contribution in [0.15, 0.2) is 39.3 Å². The van der Waals surface area contributed by atoms with Gasteiger partial charge in [0.05, 0.1) is 11.7 Å².